The molecule has 1 N–H and O–H groups in total. The van der Waals surface area contributed by atoms with E-state index in [-0.39, 0.29) is 5.91 Å². The number of carbonyl (C=O) groups is 1. The molecule has 1 amide bonds. The molecule has 0 bridgehead atoms. The Balaban J connectivity index is 2.37. The monoisotopic (exact) mass is 211 g/mol. The van der Waals surface area contributed by atoms with Gasteiger partial charge in [0.2, 0.25) is 5.91 Å². The van der Waals surface area contributed by atoms with E-state index in [1.807, 2.05) is 4.90 Å². The molecule has 1 heterocycles. The first-order valence-electron chi connectivity index (χ1n) is 5.46. The van der Waals surface area contributed by atoms with Gasteiger partial charge in [-0.3, -0.25) is 4.79 Å². The maximum absolute atomic E-state index is 11.1. The Kier molecular flexibility index (Phi) is 4.00. The Morgan fingerprint density at radius 3 is 2.07 bits per heavy atom. The Hall–Kier alpha value is -1.19. The quantitative estimate of drug-likeness (QED) is 0.743. The van der Waals surface area contributed by atoms with Gasteiger partial charge in [0.15, 0.2) is 0 Å². The smallest absolute Gasteiger partial charge is 0.219 e. The normalized spacial score (nSPS) is 16.8. The molecule has 0 saturated carbocycles. The van der Waals surface area contributed by atoms with Crippen LogP contribution in [0.3, 0.4) is 0 Å². The van der Waals surface area contributed by atoms with Crippen molar-refractivity contribution in [3.8, 4) is 0 Å². The number of hydrogen-bond acceptors (Lipinski definition) is 3. The Morgan fingerprint density at radius 2 is 1.67 bits per heavy atom. The van der Waals surface area contributed by atoms with Gasteiger partial charge in [0.1, 0.15) is 0 Å². The van der Waals surface area contributed by atoms with Crippen LogP contribution < -0.4 is 5.32 Å². The van der Waals surface area contributed by atoms with Crippen molar-refractivity contribution in [1.29, 1.82) is 0 Å². The second-order valence-electron chi connectivity index (χ2n) is 4.24. The Morgan fingerprint density at radius 1 is 1.20 bits per heavy atom. The summed E-state index contributed by atoms with van der Waals surface area (Å²) in [4.78, 5) is 15.2. The SMILES string of the molecule is C=C(NC(C)C)N1CCN(C(C)=O)CC1. The standard InChI is InChI=1S/C11H21N3O/c1-9(2)12-10(3)13-5-7-14(8-6-13)11(4)15/h9,12H,3,5-8H2,1-2,4H3. The number of hydrogen-bond donors (Lipinski definition) is 1. The highest BCUT2D eigenvalue weighted by atomic mass is 16.2. The van der Waals surface area contributed by atoms with Crippen LogP contribution in [0.4, 0.5) is 0 Å². The van der Waals surface area contributed by atoms with E-state index in [0.717, 1.165) is 32.0 Å². The second kappa shape index (κ2) is 5.05. The molecule has 0 unspecified atom stereocenters. The van der Waals surface area contributed by atoms with Crippen LogP contribution in [0.2, 0.25) is 0 Å². The topological polar surface area (TPSA) is 35.6 Å². The van der Waals surface area contributed by atoms with Crippen LogP contribution in [-0.4, -0.2) is 47.9 Å². The van der Waals surface area contributed by atoms with Crippen LogP contribution in [0.25, 0.3) is 0 Å². The van der Waals surface area contributed by atoms with Gasteiger partial charge in [-0.05, 0) is 13.8 Å². The van der Waals surface area contributed by atoms with Gasteiger partial charge < -0.3 is 15.1 Å². The fourth-order valence-electron chi connectivity index (χ4n) is 1.72. The summed E-state index contributed by atoms with van der Waals surface area (Å²) in [6.45, 7) is 13.2. The third kappa shape index (κ3) is 3.46. The third-order valence-electron chi connectivity index (χ3n) is 2.56. The summed E-state index contributed by atoms with van der Waals surface area (Å²) in [5, 5.41) is 3.28. The lowest BCUT2D eigenvalue weighted by Crippen LogP contribution is -2.49. The van der Waals surface area contributed by atoms with E-state index < -0.39 is 0 Å². The molecule has 15 heavy (non-hydrogen) atoms. The predicted molar refractivity (Wildman–Crippen MR) is 61.2 cm³/mol. The first-order chi connectivity index (χ1) is 7.00. The predicted octanol–water partition coefficient (Wildman–Crippen LogP) is 0.620. The van der Waals surface area contributed by atoms with Gasteiger partial charge in [0.25, 0.3) is 0 Å². The molecule has 0 aromatic rings. The zero-order valence-corrected chi connectivity index (χ0v) is 9.92. The van der Waals surface area contributed by atoms with Crippen molar-refractivity contribution in [2.45, 2.75) is 26.8 Å². The molecule has 0 aliphatic carbocycles. The minimum Gasteiger partial charge on any atom is -0.370 e. The van der Waals surface area contributed by atoms with Gasteiger partial charge in [-0.15, -0.1) is 0 Å². The van der Waals surface area contributed by atoms with Crippen LogP contribution in [0.5, 0.6) is 0 Å². The molecule has 0 spiro atoms. The van der Waals surface area contributed by atoms with Gasteiger partial charge in [-0.25, -0.2) is 0 Å². The molecule has 1 aliphatic heterocycles. The van der Waals surface area contributed by atoms with Crippen LogP contribution >= 0.6 is 0 Å². The third-order valence-corrected chi connectivity index (χ3v) is 2.56. The summed E-state index contributed by atoms with van der Waals surface area (Å²) < 4.78 is 0. The lowest BCUT2D eigenvalue weighted by Gasteiger charge is -2.37. The highest BCUT2D eigenvalue weighted by Gasteiger charge is 2.19. The maximum atomic E-state index is 11.1. The van der Waals surface area contributed by atoms with Crippen LogP contribution in [0.15, 0.2) is 12.4 Å². The number of carbonyl (C=O) groups excluding carboxylic acids is 1. The van der Waals surface area contributed by atoms with Gasteiger partial charge in [0, 0.05) is 39.1 Å². The summed E-state index contributed by atoms with van der Waals surface area (Å²) in [5.41, 5.74) is 0. The molecular formula is C11H21N3O. The summed E-state index contributed by atoms with van der Waals surface area (Å²) in [5.74, 6) is 1.13. The van der Waals surface area contributed by atoms with Crippen molar-refractivity contribution in [2.24, 2.45) is 0 Å². The number of piperazine rings is 1. The summed E-state index contributed by atoms with van der Waals surface area (Å²) in [6, 6.07) is 0.406. The lowest BCUT2D eigenvalue weighted by atomic mass is 10.3. The molecule has 86 valence electrons. The minimum atomic E-state index is 0.164. The lowest BCUT2D eigenvalue weighted by molar-refractivity contribution is -0.130. The van der Waals surface area contributed by atoms with Crippen molar-refractivity contribution >= 4 is 5.91 Å². The van der Waals surface area contributed by atoms with Gasteiger partial charge >= 0.3 is 0 Å². The number of nitrogens with zero attached hydrogens (tertiary/aromatic N) is 2. The molecule has 4 nitrogen and oxygen atoms in total. The minimum absolute atomic E-state index is 0.164. The first-order valence-corrected chi connectivity index (χ1v) is 5.46. The molecule has 1 fully saturated rings. The molecule has 0 aromatic heterocycles. The number of rotatable bonds is 3. The molecule has 1 aliphatic rings. The van der Waals surface area contributed by atoms with Crippen LogP contribution in [0.1, 0.15) is 20.8 Å². The van der Waals surface area contributed by atoms with E-state index in [4.69, 9.17) is 0 Å². The average Bonchev–Trinajstić information content (AvgIpc) is 2.17. The molecule has 1 rings (SSSR count). The molecule has 4 heteroatoms. The second-order valence-corrected chi connectivity index (χ2v) is 4.24. The highest BCUT2D eigenvalue weighted by Crippen LogP contribution is 2.06. The maximum Gasteiger partial charge on any atom is 0.219 e. The Labute approximate surface area is 91.9 Å². The van der Waals surface area contributed by atoms with Gasteiger partial charge in [-0.2, -0.15) is 0 Å². The molecule has 1 saturated heterocycles. The van der Waals surface area contributed by atoms with E-state index in [1.165, 1.54) is 0 Å². The molecular weight excluding hydrogens is 190 g/mol. The number of amides is 1. The van der Waals surface area contributed by atoms with Crippen LogP contribution in [-0.2, 0) is 4.79 Å². The first kappa shape index (κ1) is 11.9. The van der Waals surface area contributed by atoms with Crippen molar-refractivity contribution in [3.05, 3.63) is 12.4 Å². The fourth-order valence-corrected chi connectivity index (χ4v) is 1.72. The fraction of sp³-hybridized carbons (Fsp3) is 0.727. The average molecular weight is 211 g/mol. The molecule has 0 atom stereocenters. The van der Waals surface area contributed by atoms with Crippen molar-refractivity contribution in [2.75, 3.05) is 26.2 Å². The van der Waals surface area contributed by atoms with E-state index >= 15 is 0 Å². The van der Waals surface area contributed by atoms with E-state index in [0.29, 0.717) is 6.04 Å². The van der Waals surface area contributed by atoms with Crippen molar-refractivity contribution < 1.29 is 4.79 Å². The summed E-state index contributed by atoms with van der Waals surface area (Å²) >= 11 is 0. The van der Waals surface area contributed by atoms with Crippen molar-refractivity contribution in [3.63, 3.8) is 0 Å². The highest BCUT2D eigenvalue weighted by molar-refractivity contribution is 5.73. The van der Waals surface area contributed by atoms with E-state index in [2.05, 4.69) is 30.6 Å². The summed E-state index contributed by atoms with van der Waals surface area (Å²) in [6.07, 6.45) is 0. The molecule has 0 radical (unpaired) electrons. The zero-order chi connectivity index (χ0) is 11.4. The number of nitrogens with one attached hydrogen (secondary N) is 1. The van der Waals surface area contributed by atoms with Crippen molar-refractivity contribution in [1.82, 2.24) is 15.1 Å². The van der Waals surface area contributed by atoms with E-state index in [1.54, 1.807) is 6.92 Å². The van der Waals surface area contributed by atoms with Crippen LogP contribution in [0, 0.1) is 0 Å². The molecule has 0 aromatic carbocycles. The summed E-state index contributed by atoms with van der Waals surface area (Å²) in [7, 11) is 0. The Bertz CT molecular complexity index is 242. The largest absolute Gasteiger partial charge is 0.370 e. The van der Waals surface area contributed by atoms with Gasteiger partial charge in [0.05, 0.1) is 5.82 Å². The van der Waals surface area contributed by atoms with E-state index in [9.17, 15) is 4.79 Å². The zero-order valence-electron chi connectivity index (χ0n) is 9.92. The van der Waals surface area contributed by atoms with Gasteiger partial charge in [-0.1, -0.05) is 6.58 Å².